The third kappa shape index (κ3) is 4.34. The zero-order valence-electron chi connectivity index (χ0n) is 13.2. The Balaban J connectivity index is 3.06. The molecule has 128 valence electrons. The Labute approximate surface area is 134 Å². The van der Waals surface area contributed by atoms with Crippen LogP contribution in [0.4, 0.5) is 13.2 Å². The van der Waals surface area contributed by atoms with Gasteiger partial charge in [0.05, 0.1) is 6.10 Å². The predicted octanol–water partition coefficient (Wildman–Crippen LogP) is 4.38. The second-order valence-electron chi connectivity index (χ2n) is 5.18. The van der Waals surface area contributed by atoms with Crippen LogP contribution in [0.25, 0.3) is 0 Å². The number of allylic oxidation sites excluding steroid dienone is 1. The third-order valence-corrected chi connectivity index (χ3v) is 3.50. The van der Waals surface area contributed by atoms with Gasteiger partial charge in [0, 0.05) is 12.7 Å². The molecule has 0 radical (unpaired) electrons. The van der Waals surface area contributed by atoms with Crippen LogP contribution in [0.1, 0.15) is 31.7 Å². The van der Waals surface area contributed by atoms with E-state index in [1.165, 1.54) is 24.3 Å². The van der Waals surface area contributed by atoms with E-state index < -0.39 is 23.9 Å². The Hall–Kier alpha value is -1.82. The normalized spacial score (nSPS) is 15.5. The maximum absolute atomic E-state index is 13.6. The highest BCUT2D eigenvalue weighted by Gasteiger charge is 2.64. The fourth-order valence-electron chi connectivity index (χ4n) is 2.26. The first kappa shape index (κ1) is 19.2. The molecular formula is C17H21F3O3. The van der Waals surface area contributed by atoms with E-state index >= 15 is 0 Å². The number of esters is 1. The molecule has 0 aliphatic rings. The van der Waals surface area contributed by atoms with Crippen molar-refractivity contribution < 1.29 is 27.4 Å². The van der Waals surface area contributed by atoms with E-state index in [0.717, 1.165) is 7.11 Å². The number of hydrogen-bond donors (Lipinski definition) is 0. The van der Waals surface area contributed by atoms with Crippen molar-refractivity contribution >= 4 is 5.97 Å². The van der Waals surface area contributed by atoms with Crippen LogP contribution in [0.5, 0.6) is 0 Å². The van der Waals surface area contributed by atoms with Crippen molar-refractivity contribution in [3.63, 3.8) is 0 Å². The molecule has 1 aromatic rings. The van der Waals surface area contributed by atoms with E-state index in [2.05, 4.69) is 11.3 Å². The molecule has 0 N–H and O–H groups in total. The molecule has 0 aliphatic carbocycles. The summed E-state index contributed by atoms with van der Waals surface area (Å²) in [6.45, 7) is 5.12. The minimum absolute atomic E-state index is 0.307. The number of ether oxygens (including phenoxy) is 2. The number of rotatable bonds is 8. The summed E-state index contributed by atoms with van der Waals surface area (Å²) in [5.74, 6) is -1.45. The lowest BCUT2D eigenvalue weighted by molar-refractivity contribution is -0.278. The molecule has 0 amide bonds. The van der Waals surface area contributed by atoms with Crippen LogP contribution < -0.4 is 0 Å². The van der Waals surface area contributed by atoms with Crippen molar-refractivity contribution in [1.29, 1.82) is 0 Å². The SMILES string of the molecule is C=CCCC[C@H](C)OC(=O)[C@@](OC)(c1ccccc1)C(F)(F)F. The molecule has 0 aromatic heterocycles. The standard InChI is InChI=1S/C17H21F3O3/c1-4-5-7-10-13(2)23-15(21)16(22-3,17(18,19)20)14-11-8-6-9-12-14/h4,6,8-9,11-13H,1,5,7,10H2,2-3H3/t13-,16-/m0/s1. The zero-order valence-corrected chi connectivity index (χ0v) is 13.2. The second kappa shape index (κ2) is 8.15. The van der Waals surface area contributed by atoms with Gasteiger partial charge in [0.1, 0.15) is 0 Å². The molecule has 1 rings (SSSR count). The van der Waals surface area contributed by atoms with Gasteiger partial charge in [-0.1, -0.05) is 36.4 Å². The molecule has 0 saturated heterocycles. The van der Waals surface area contributed by atoms with Crippen LogP contribution in [-0.2, 0) is 19.9 Å². The van der Waals surface area contributed by atoms with Crippen molar-refractivity contribution in [2.75, 3.05) is 7.11 Å². The van der Waals surface area contributed by atoms with Gasteiger partial charge < -0.3 is 9.47 Å². The molecule has 0 bridgehead atoms. The molecule has 1 aromatic carbocycles. The van der Waals surface area contributed by atoms with Crippen LogP contribution in [0.3, 0.4) is 0 Å². The number of carbonyl (C=O) groups is 1. The number of methoxy groups -OCH3 is 1. The maximum Gasteiger partial charge on any atom is 0.432 e. The highest BCUT2D eigenvalue weighted by atomic mass is 19.4. The zero-order chi connectivity index (χ0) is 17.5. The Morgan fingerprint density at radius 1 is 1.30 bits per heavy atom. The van der Waals surface area contributed by atoms with E-state index in [1.807, 2.05) is 0 Å². The lowest BCUT2D eigenvalue weighted by atomic mass is 9.92. The van der Waals surface area contributed by atoms with E-state index in [1.54, 1.807) is 19.1 Å². The van der Waals surface area contributed by atoms with Crippen LogP contribution in [-0.4, -0.2) is 25.4 Å². The van der Waals surface area contributed by atoms with Gasteiger partial charge in [-0.05, 0) is 26.2 Å². The van der Waals surface area contributed by atoms with Crippen LogP contribution >= 0.6 is 0 Å². The first-order chi connectivity index (χ1) is 10.8. The quantitative estimate of drug-likeness (QED) is 0.403. The van der Waals surface area contributed by atoms with Gasteiger partial charge in [-0.15, -0.1) is 6.58 Å². The van der Waals surface area contributed by atoms with Crippen molar-refractivity contribution in [2.45, 2.75) is 44.1 Å². The molecule has 3 nitrogen and oxygen atoms in total. The summed E-state index contributed by atoms with van der Waals surface area (Å²) >= 11 is 0. The molecule has 23 heavy (non-hydrogen) atoms. The summed E-state index contributed by atoms with van der Waals surface area (Å²) in [4.78, 5) is 12.3. The molecule has 0 heterocycles. The number of halogens is 3. The lowest BCUT2D eigenvalue weighted by Gasteiger charge is -2.33. The molecular weight excluding hydrogens is 309 g/mol. The Kier molecular flexibility index (Phi) is 6.81. The van der Waals surface area contributed by atoms with Crippen molar-refractivity contribution in [2.24, 2.45) is 0 Å². The first-order valence-electron chi connectivity index (χ1n) is 7.29. The number of hydrogen-bond acceptors (Lipinski definition) is 3. The van der Waals surface area contributed by atoms with Gasteiger partial charge in [-0.2, -0.15) is 13.2 Å². The van der Waals surface area contributed by atoms with E-state index in [-0.39, 0.29) is 5.56 Å². The number of unbranched alkanes of at least 4 members (excludes halogenated alkanes) is 1. The van der Waals surface area contributed by atoms with Gasteiger partial charge in [0.15, 0.2) is 0 Å². The Morgan fingerprint density at radius 2 is 1.91 bits per heavy atom. The molecule has 0 aliphatic heterocycles. The fourth-order valence-corrected chi connectivity index (χ4v) is 2.26. The molecule has 0 saturated carbocycles. The van der Waals surface area contributed by atoms with E-state index in [4.69, 9.17) is 4.74 Å². The van der Waals surface area contributed by atoms with Gasteiger partial charge >= 0.3 is 12.1 Å². The summed E-state index contributed by atoms with van der Waals surface area (Å²) in [5.41, 5.74) is -3.43. The molecule has 0 spiro atoms. The average Bonchev–Trinajstić information content (AvgIpc) is 2.48. The average molecular weight is 330 g/mol. The minimum atomic E-state index is -4.94. The monoisotopic (exact) mass is 330 g/mol. The summed E-state index contributed by atoms with van der Waals surface area (Å²) < 4.78 is 50.6. The van der Waals surface area contributed by atoms with Crippen molar-refractivity contribution in [3.05, 3.63) is 48.6 Å². The third-order valence-electron chi connectivity index (χ3n) is 3.50. The molecule has 0 unspecified atom stereocenters. The molecule has 2 atom stereocenters. The van der Waals surface area contributed by atoms with Gasteiger partial charge in [0.25, 0.3) is 5.60 Å². The van der Waals surface area contributed by atoms with E-state index in [0.29, 0.717) is 19.3 Å². The largest absolute Gasteiger partial charge is 0.460 e. The Morgan fingerprint density at radius 3 is 2.39 bits per heavy atom. The van der Waals surface area contributed by atoms with Crippen molar-refractivity contribution in [3.8, 4) is 0 Å². The van der Waals surface area contributed by atoms with Crippen LogP contribution in [0.2, 0.25) is 0 Å². The van der Waals surface area contributed by atoms with Gasteiger partial charge in [-0.25, -0.2) is 4.79 Å². The van der Waals surface area contributed by atoms with Gasteiger partial charge in [-0.3, -0.25) is 0 Å². The first-order valence-corrected chi connectivity index (χ1v) is 7.29. The predicted molar refractivity (Wildman–Crippen MR) is 80.8 cm³/mol. The number of carbonyl (C=O) groups excluding carboxylic acids is 1. The van der Waals surface area contributed by atoms with Gasteiger partial charge in [0.2, 0.25) is 0 Å². The smallest absolute Gasteiger partial charge is 0.432 e. The molecule has 6 heteroatoms. The lowest BCUT2D eigenvalue weighted by Crippen LogP contribution is -2.52. The van der Waals surface area contributed by atoms with Crippen LogP contribution in [0, 0.1) is 0 Å². The fraction of sp³-hybridized carbons (Fsp3) is 0.471. The van der Waals surface area contributed by atoms with Crippen LogP contribution in [0.15, 0.2) is 43.0 Å². The summed E-state index contributed by atoms with van der Waals surface area (Å²) in [6.07, 6.45) is -2.06. The molecule has 0 fully saturated rings. The topological polar surface area (TPSA) is 35.5 Å². The summed E-state index contributed by atoms with van der Waals surface area (Å²) in [6, 6.07) is 6.77. The van der Waals surface area contributed by atoms with E-state index in [9.17, 15) is 18.0 Å². The number of alkyl halides is 3. The highest BCUT2D eigenvalue weighted by molar-refractivity contribution is 5.82. The highest BCUT2D eigenvalue weighted by Crippen LogP contribution is 2.43. The maximum atomic E-state index is 13.6. The second-order valence-corrected chi connectivity index (χ2v) is 5.18. The number of benzene rings is 1. The van der Waals surface area contributed by atoms with Crippen molar-refractivity contribution in [1.82, 2.24) is 0 Å². The summed E-state index contributed by atoms with van der Waals surface area (Å²) in [5, 5.41) is 0. The minimum Gasteiger partial charge on any atom is -0.460 e. The Bertz CT molecular complexity index is 514. The summed E-state index contributed by atoms with van der Waals surface area (Å²) in [7, 11) is 0.851.